The molecule has 5 heteroatoms. The van der Waals surface area contributed by atoms with Gasteiger partial charge in [-0.1, -0.05) is 42.5 Å². The molecule has 23 heavy (non-hydrogen) atoms. The average molecular weight is 317 g/mol. The van der Waals surface area contributed by atoms with Crippen LogP contribution in [0.4, 0.5) is 4.39 Å². The zero-order valence-corrected chi connectivity index (χ0v) is 12.9. The van der Waals surface area contributed by atoms with E-state index in [1.807, 2.05) is 30.3 Å². The zero-order chi connectivity index (χ0) is 16.7. The van der Waals surface area contributed by atoms with Crippen LogP contribution < -0.4 is 10.1 Å². The minimum Gasteiger partial charge on any atom is -0.481 e. The van der Waals surface area contributed by atoms with E-state index in [0.717, 1.165) is 5.56 Å². The van der Waals surface area contributed by atoms with Crippen molar-refractivity contribution in [1.82, 2.24) is 5.32 Å². The summed E-state index contributed by atoms with van der Waals surface area (Å²) in [7, 11) is 0. The molecule has 122 valence electrons. The van der Waals surface area contributed by atoms with Crippen LogP contribution in [-0.4, -0.2) is 29.8 Å². The van der Waals surface area contributed by atoms with Gasteiger partial charge in [0.25, 0.3) is 5.91 Å². The Hall–Kier alpha value is -2.40. The van der Waals surface area contributed by atoms with E-state index in [1.165, 1.54) is 12.1 Å². The average Bonchev–Trinajstić information content (AvgIpc) is 2.55. The van der Waals surface area contributed by atoms with Crippen molar-refractivity contribution in [2.75, 3.05) is 6.61 Å². The molecule has 2 N–H and O–H groups in total. The highest BCUT2D eigenvalue weighted by atomic mass is 19.1. The van der Waals surface area contributed by atoms with E-state index in [1.54, 1.807) is 19.1 Å². The second kappa shape index (κ2) is 8.29. The monoisotopic (exact) mass is 317 g/mol. The molecule has 1 amide bonds. The van der Waals surface area contributed by atoms with E-state index < -0.39 is 23.9 Å². The third-order valence-electron chi connectivity index (χ3n) is 3.45. The summed E-state index contributed by atoms with van der Waals surface area (Å²) in [6, 6.07) is 15.0. The van der Waals surface area contributed by atoms with Crippen molar-refractivity contribution in [3.05, 3.63) is 66.0 Å². The maximum absolute atomic E-state index is 13.4. The van der Waals surface area contributed by atoms with Crippen LogP contribution in [0.3, 0.4) is 0 Å². The second-order valence-electron chi connectivity index (χ2n) is 5.33. The van der Waals surface area contributed by atoms with Gasteiger partial charge in [-0.05, 0) is 24.6 Å². The lowest BCUT2D eigenvalue weighted by atomic mass is 10.0. The molecule has 2 aromatic rings. The van der Waals surface area contributed by atoms with Crippen LogP contribution in [-0.2, 0) is 11.2 Å². The summed E-state index contributed by atoms with van der Waals surface area (Å²) in [5, 5.41) is 12.8. The van der Waals surface area contributed by atoms with Crippen molar-refractivity contribution in [1.29, 1.82) is 0 Å². The third kappa shape index (κ3) is 5.38. The van der Waals surface area contributed by atoms with Gasteiger partial charge in [0.05, 0.1) is 12.1 Å². The first kappa shape index (κ1) is 17.0. The lowest BCUT2D eigenvalue weighted by Gasteiger charge is -2.20. The van der Waals surface area contributed by atoms with E-state index in [2.05, 4.69) is 5.32 Å². The van der Waals surface area contributed by atoms with Gasteiger partial charge < -0.3 is 15.2 Å². The molecule has 0 saturated carbocycles. The highest BCUT2D eigenvalue weighted by molar-refractivity contribution is 5.77. The van der Waals surface area contributed by atoms with E-state index in [4.69, 9.17) is 4.74 Å². The number of carbonyl (C=O) groups excluding carboxylic acids is 1. The first-order chi connectivity index (χ1) is 11.1. The second-order valence-corrected chi connectivity index (χ2v) is 5.33. The molecule has 2 rings (SSSR count). The fraction of sp³-hybridized carbons (Fsp3) is 0.278. The first-order valence-electron chi connectivity index (χ1n) is 7.45. The molecular formula is C18H20FNO3. The van der Waals surface area contributed by atoms with Gasteiger partial charge in [-0.2, -0.15) is 0 Å². The van der Waals surface area contributed by atoms with Gasteiger partial charge in [-0.3, -0.25) is 4.79 Å². The van der Waals surface area contributed by atoms with E-state index in [0.29, 0.717) is 6.42 Å². The van der Waals surface area contributed by atoms with Crippen LogP contribution in [0.15, 0.2) is 54.6 Å². The van der Waals surface area contributed by atoms with Gasteiger partial charge in [0, 0.05) is 6.42 Å². The van der Waals surface area contributed by atoms with Gasteiger partial charge in [-0.25, -0.2) is 4.39 Å². The number of aliphatic hydroxyl groups is 1. The normalized spacial score (nSPS) is 13.2. The number of rotatable bonds is 7. The van der Waals surface area contributed by atoms with Gasteiger partial charge in [0.1, 0.15) is 0 Å². The summed E-state index contributed by atoms with van der Waals surface area (Å²) in [4.78, 5) is 11.8. The smallest absolute Gasteiger partial charge is 0.258 e. The number of ether oxygens (including phenoxy) is 1. The van der Waals surface area contributed by atoms with E-state index in [-0.39, 0.29) is 12.4 Å². The number of aliphatic hydroxyl groups excluding tert-OH is 1. The minimum absolute atomic E-state index is 0.0279. The largest absolute Gasteiger partial charge is 0.481 e. The highest BCUT2D eigenvalue weighted by Crippen LogP contribution is 2.15. The fourth-order valence-electron chi connectivity index (χ4n) is 2.13. The SMILES string of the molecule is CC(NC(=O)COc1ccccc1F)C(O)Cc1ccccc1. The van der Waals surface area contributed by atoms with Crippen molar-refractivity contribution < 1.29 is 19.0 Å². The number of carbonyl (C=O) groups is 1. The number of hydrogen-bond donors (Lipinski definition) is 2. The number of amides is 1. The number of para-hydroxylation sites is 1. The lowest BCUT2D eigenvalue weighted by Crippen LogP contribution is -2.44. The molecule has 0 bridgehead atoms. The maximum atomic E-state index is 13.4. The maximum Gasteiger partial charge on any atom is 0.258 e. The van der Waals surface area contributed by atoms with Crippen LogP contribution in [0.5, 0.6) is 5.75 Å². The number of nitrogens with one attached hydrogen (secondary N) is 1. The quantitative estimate of drug-likeness (QED) is 0.824. The molecule has 2 unspecified atom stereocenters. The van der Waals surface area contributed by atoms with E-state index >= 15 is 0 Å². The summed E-state index contributed by atoms with van der Waals surface area (Å²) in [6.45, 7) is 1.41. The summed E-state index contributed by atoms with van der Waals surface area (Å²) < 4.78 is 18.5. The Balaban J connectivity index is 1.79. The van der Waals surface area contributed by atoms with E-state index in [9.17, 15) is 14.3 Å². The molecule has 0 heterocycles. The van der Waals surface area contributed by atoms with Gasteiger partial charge in [0.15, 0.2) is 18.2 Å². The van der Waals surface area contributed by atoms with Crippen LogP contribution in [0, 0.1) is 5.82 Å². The molecule has 0 aliphatic carbocycles. The molecule has 2 atom stereocenters. The Morgan fingerprint density at radius 3 is 2.52 bits per heavy atom. The summed E-state index contributed by atoms with van der Waals surface area (Å²) in [6.07, 6.45) is -0.272. The number of hydrogen-bond acceptors (Lipinski definition) is 3. The van der Waals surface area contributed by atoms with Crippen molar-refractivity contribution >= 4 is 5.91 Å². The predicted octanol–water partition coefficient (Wildman–Crippen LogP) is 2.31. The molecule has 0 aliphatic heterocycles. The van der Waals surface area contributed by atoms with Crippen molar-refractivity contribution in [3.63, 3.8) is 0 Å². The molecule has 0 aromatic heterocycles. The van der Waals surface area contributed by atoms with Gasteiger partial charge >= 0.3 is 0 Å². The molecular weight excluding hydrogens is 297 g/mol. The van der Waals surface area contributed by atoms with Gasteiger partial charge in [0.2, 0.25) is 0 Å². The molecule has 2 aromatic carbocycles. The predicted molar refractivity (Wildman–Crippen MR) is 85.7 cm³/mol. The number of halogens is 1. The molecule has 0 radical (unpaired) electrons. The van der Waals surface area contributed by atoms with Crippen LogP contribution >= 0.6 is 0 Å². The summed E-state index contributed by atoms with van der Waals surface area (Å²) >= 11 is 0. The first-order valence-corrected chi connectivity index (χ1v) is 7.45. The summed E-state index contributed by atoms with van der Waals surface area (Å²) in [5.41, 5.74) is 0.990. The lowest BCUT2D eigenvalue weighted by molar-refractivity contribution is -0.124. The Morgan fingerprint density at radius 1 is 1.17 bits per heavy atom. The Morgan fingerprint density at radius 2 is 1.83 bits per heavy atom. The van der Waals surface area contributed by atoms with Crippen LogP contribution in [0.2, 0.25) is 0 Å². The number of benzene rings is 2. The fourth-order valence-corrected chi connectivity index (χ4v) is 2.13. The summed E-state index contributed by atoms with van der Waals surface area (Å²) in [5.74, 6) is -0.898. The molecule has 0 spiro atoms. The van der Waals surface area contributed by atoms with Crippen molar-refractivity contribution in [3.8, 4) is 5.75 Å². The highest BCUT2D eigenvalue weighted by Gasteiger charge is 2.17. The Labute approximate surface area is 134 Å². The topological polar surface area (TPSA) is 58.6 Å². The Kier molecular flexibility index (Phi) is 6.11. The standard InChI is InChI=1S/C18H20FNO3/c1-13(16(21)11-14-7-3-2-4-8-14)20-18(22)12-23-17-10-6-5-9-15(17)19/h2-10,13,16,21H,11-12H2,1H3,(H,20,22). The zero-order valence-electron chi connectivity index (χ0n) is 12.9. The molecule has 4 nitrogen and oxygen atoms in total. The minimum atomic E-state index is -0.713. The molecule has 0 aliphatic rings. The van der Waals surface area contributed by atoms with Gasteiger partial charge in [-0.15, -0.1) is 0 Å². The Bertz CT molecular complexity index is 633. The van der Waals surface area contributed by atoms with Crippen LogP contribution in [0.1, 0.15) is 12.5 Å². The van der Waals surface area contributed by atoms with Crippen molar-refractivity contribution in [2.24, 2.45) is 0 Å². The van der Waals surface area contributed by atoms with Crippen molar-refractivity contribution in [2.45, 2.75) is 25.5 Å². The van der Waals surface area contributed by atoms with Crippen LogP contribution in [0.25, 0.3) is 0 Å². The molecule has 0 fully saturated rings. The third-order valence-corrected chi connectivity index (χ3v) is 3.45. The molecule has 0 saturated heterocycles.